The van der Waals surface area contributed by atoms with E-state index in [1.165, 1.54) is 0 Å². The topological polar surface area (TPSA) is 64.4 Å². The van der Waals surface area contributed by atoms with Crippen molar-refractivity contribution >= 4 is 41.6 Å². The molecule has 6 nitrogen and oxygen atoms in total. The Hall–Kier alpha value is -2.35. The van der Waals surface area contributed by atoms with Gasteiger partial charge >= 0.3 is 0 Å². The molecule has 0 saturated heterocycles. The van der Waals surface area contributed by atoms with Crippen LogP contribution in [0.3, 0.4) is 0 Å². The SMILES string of the molecule is CCc1n[nH]c(=S)n1/N=C/c1cccc(OC)c1OCc1ccc(Cl)cc1Cl. The summed E-state index contributed by atoms with van der Waals surface area (Å²) in [7, 11) is 1.58. The summed E-state index contributed by atoms with van der Waals surface area (Å²) in [4.78, 5) is 0. The Bertz CT molecular complexity index is 1060. The Morgan fingerprint density at radius 2 is 2.11 bits per heavy atom. The van der Waals surface area contributed by atoms with Gasteiger partial charge in [-0.05, 0) is 36.5 Å². The van der Waals surface area contributed by atoms with Crippen molar-refractivity contribution in [2.75, 3.05) is 7.11 Å². The number of aromatic nitrogens is 3. The molecule has 0 bridgehead atoms. The molecule has 1 heterocycles. The fraction of sp³-hybridized carbons (Fsp3) is 0.211. The van der Waals surface area contributed by atoms with Gasteiger partial charge in [0.2, 0.25) is 4.77 Å². The van der Waals surface area contributed by atoms with Crippen LogP contribution in [0, 0.1) is 4.77 Å². The van der Waals surface area contributed by atoms with Crippen molar-refractivity contribution in [2.45, 2.75) is 20.0 Å². The molecule has 0 amide bonds. The van der Waals surface area contributed by atoms with Crippen LogP contribution >= 0.6 is 35.4 Å². The molecule has 0 aliphatic heterocycles. The zero-order chi connectivity index (χ0) is 20.1. The minimum atomic E-state index is 0.253. The lowest BCUT2D eigenvalue weighted by atomic mass is 10.2. The van der Waals surface area contributed by atoms with Crippen molar-refractivity contribution in [3.05, 3.63) is 68.2 Å². The van der Waals surface area contributed by atoms with Crippen LogP contribution in [-0.4, -0.2) is 28.2 Å². The van der Waals surface area contributed by atoms with E-state index in [0.717, 1.165) is 17.0 Å². The van der Waals surface area contributed by atoms with E-state index < -0.39 is 0 Å². The number of halogens is 2. The van der Waals surface area contributed by atoms with Crippen LogP contribution in [0.5, 0.6) is 11.5 Å². The number of methoxy groups -OCH3 is 1. The van der Waals surface area contributed by atoms with E-state index in [1.54, 1.807) is 30.1 Å². The number of para-hydroxylation sites is 1. The molecule has 1 N–H and O–H groups in total. The predicted molar refractivity (Wildman–Crippen MR) is 114 cm³/mol. The smallest absolute Gasteiger partial charge is 0.216 e. The van der Waals surface area contributed by atoms with Gasteiger partial charge in [0.1, 0.15) is 6.61 Å². The largest absolute Gasteiger partial charge is 0.493 e. The summed E-state index contributed by atoms with van der Waals surface area (Å²) >= 11 is 17.4. The highest BCUT2D eigenvalue weighted by atomic mass is 35.5. The Labute approximate surface area is 177 Å². The quantitative estimate of drug-likeness (QED) is 0.404. The number of H-pyrrole nitrogens is 1. The van der Waals surface area contributed by atoms with Crippen molar-refractivity contribution in [2.24, 2.45) is 5.10 Å². The Morgan fingerprint density at radius 3 is 2.82 bits per heavy atom. The van der Waals surface area contributed by atoms with Crippen molar-refractivity contribution in [3.63, 3.8) is 0 Å². The molecule has 28 heavy (non-hydrogen) atoms. The van der Waals surface area contributed by atoms with Gasteiger partial charge in [-0.2, -0.15) is 14.9 Å². The summed E-state index contributed by atoms with van der Waals surface area (Å²) in [5.41, 5.74) is 1.54. The average Bonchev–Trinajstić information content (AvgIpc) is 3.05. The highest BCUT2D eigenvalue weighted by Crippen LogP contribution is 2.32. The number of rotatable bonds is 7. The standard InChI is InChI=1S/C19H18Cl2N4O2S/c1-3-17-23-24-19(28)25(17)22-10-12-5-4-6-16(26-2)18(12)27-11-13-7-8-14(20)9-15(13)21/h4-10H,3,11H2,1-2H3,(H,24,28)/b22-10+. The van der Waals surface area contributed by atoms with E-state index in [1.807, 2.05) is 31.2 Å². The van der Waals surface area contributed by atoms with Gasteiger partial charge in [-0.25, -0.2) is 0 Å². The number of benzene rings is 2. The van der Waals surface area contributed by atoms with Crippen molar-refractivity contribution in [1.29, 1.82) is 0 Å². The molecule has 0 spiro atoms. The minimum Gasteiger partial charge on any atom is -0.493 e. The van der Waals surface area contributed by atoms with Gasteiger partial charge in [0, 0.05) is 27.6 Å². The van der Waals surface area contributed by atoms with E-state index >= 15 is 0 Å². The molecule has 0 aliphatic rings. The number of nitrogens with one attached hydrogen (secondary N) is 1. The second-order valence-corrected chi connectivity index (χ2v) is 6.99. The molecular formula is C19H18Cl2N4O2S. The van der Waals surface area contributed by atoms with Crippen molar-refractivity contribution in [3.8, 4) is 11.5 Å². The highest BCUT2D eigenvalue weighted by Gasteiger charge is 2.12. The lowest BCUT2D eigenvalue weighted by molar-refractivity contribution is 0.284. The predicted octanol–water partition coefficient (Wildman–Crippen LogP) is 5.28. The first-order chi connectivity index (χ1) is 13.5. The second kappa shape index (κ2) is 9.23. The maximum atomic E-state index is 6.24. The number of hydrogen-bond acceptors (Lipinski definition) is 5. The summed E-state index contributed by atoms with van der Waals surface area (Å²) in [6.45, 7) is 2.23. The van der Waals surface area contributed by atoms with E-state index in [2.05, 4.69) is 15.3 Å². The third-order valence-electron chi connectivity index (χ3n) is 3.96. The Morgan fingerprint density at radius 1 is 1.29 bits per heavy atom. The van der Waals surface area contributed by atoms with Crippen LogP contribution in [0.25, 0.3) is 0 Å². The molecule has 0 atom stereocenters. The maximum Gasteiger partial charge on any atom is 0.216 e. The Kier molecular flexibility index (Phi) is 6.72. The molecule has 146 valence electrons. The van der Waals surface area contributed by atoms with E-state index in [4.69, 9.17) is 44.9 Å². The van der Waals surface area contributed by atoms with Crippen LogP contribution < -0.4 is 9.47 Å². The average molecular weight is 437 g/mol. The lowest BCUT2D eigenvalue weighted by Crippen LogP contribution is -2.03. The summed E-state index contributed by atoms with van der Waals surface area (Å²) in [6.07, 6.45) is 2.35. The van der Waals surface area contributed by atoms with Crippen LogP contribution in [0.1, 0.15) is 23.9 Å². The van der Waals surface area contributed by atoms with Gasteiger partial charge in [-0.15, -0.1) is 0 Å². The molecular weight excluding hydrogens is 419 g/mol. The van der Waals surface area contributed by atoms with Gasteiger partial charge in [-0.1, -0.05) is 42.3 Å². The van der Waals surface area contributed by atoms with Crippen LogP contribution in [-0.2, 0) is 13.0 Å². The minimum absolute atomic E-state index is 0.253. The Balaban J connectivity index is 1.91. The second-order valence-electron chi connectivity index (χ2n) is 5.76. The maximum absolute atomic E-state index is 6.24. The zero-order valence-electron chi connectivity index (χ0n) is 15.3. The number of nitrogens with zero attached hydrogens (tertiary/aromatic N) is 3. The molecule has 3 aromatic rings. The van der Waals surface area contributed by atoms with Gasteiger partial charge < -0.3 is 9.47 Å². The van der Waals surface area contributed by atoms with E-state index in [9.17, 15) is 0 Å². The molecule has 2 aromatic carbocycles. The molecule has 0 unspecified atom stereocenters. The first-order valence-corrected chi connectivity index (χ1v) is 9.64. The van der Waals surface area contributed by atoms with Crippen LogP contribution in [0.4, 0.5) is 0 Å². The third-order valence-corrected chi connectivity index (χ3v) is 4.81. The zero-order valence-corrected chi connectivity index (χ0v) is 17.6. The molecule has 0 saturated carbocycles. The number of ether oxygens (including phenoxy) is 2. The summed E-state index contributed by atoms with van der Waals surface area (Å²) in [5, 5.41) is 12.4. The van der Waals surface area contributed by atoms with Crippen LogP contribution in [0.15, 0.2) is 41.5 Å². The monoisotopic (exact) mass is 436 g/mol. The van der Waals surface area contributed by atoms with Gasteiger partial charge in [0.15, 0.2) is 17.3 Å². The fourth-order valence-electron chi connectivity index (χ4n) is 2.53. The van der Waals surface area contributed by atoms with Crippen molar-refractivity contribution < 1.29 is 9.47 Å². The number of aryl methyl sites for hydroxylation is 1. The summed E-state index contributed by atoms with van der Waals surface area (Å²) in [6, 6.07) is 10.8. The van der Waals surface area contributed by atoms with Gasteiger partial charge in [-0.3, -0.25) is 5.10 Å². The highest BCUT2D eigenvalue weighted by molar-refractivity contribution is 7.71. The van der Waals surface area contributed by atoms with Gasteiger partial charge in [0.05, 0.1) is 13.3 Å². The molecule has 3 rings (SSSR count). The molecule has 0 radical (unpaired) electrons. The molecule has 1 aromatic heterocycles. The molecule has 9 heteroatoms. The summed E-state index contributed by atoms with van der Waals surface area (Å²) < 4.78 is 13.5. The number of hydrogen-bond donors (Lipinski definition) is 1. The van der Waals surface area contributed by atoms with E-state index in [-0.39, 0.29) is 6.61 Å². The van der Waals surface area contributed by atoms with Crippen LogP contribution in [0.2, 0.25) is 10.0 Å². The first kappa shape index (κ1) is 20.4. The number of aromatic amines is 1. The molecule has 0 fully saturated rings. The third kappa shape index (κ3) is 4.55. The van der Waals surface area contributed by atoms with Crippen molar-refractivity contribution in [1.82, 2.24) is 14.9 Å². The lowest BCUT2D eigenvalue weighted by Gasteiger charge is -2.14. The normalized spacial score (nSPS) is 11.1. The first-order valence-electron chi connectivity index (χ1n) is 8.47. The van der Waals surface area contributed by atoms with E-state index in [0.29, 0.717) is 32.7 Å². The molecule has 0 aliphatic carbocycles. The van der Waals surface area contributed by atoms with Gasteiger partial charge in [0.25, 0.3) is 0 Å². The summed E-state index contributed by atoms with van der Waals surface area (Å²) in [5.74, 6) is 1.87. The fourth-order valence-corrected chi connectivity index (χ4v) is 3.19.